The van der Waals surface area contributed by atoms with E-state index in [-0.39, 0.29) is 0 Å². The maximum atomic E-state index is 4.38. The molecule has 72 valence electrons. The molecule has 2 aromatic rings. The van der Waals surface area contributed by atoms with Crippen molar-refractivity contribution in [1.82, 2.24) is 9.66 Å². The SMILES string of the molecule is c1ccc2c(c1)ncn2N1CCCC1. The molecule has 0 unspecified atom stereocenters. The highest BCUT2D eigenvalue weighted by Gasteiger charge is 2.13. The van der Waals surface area contributed by atoms with Gasteiger partial charge in [0.25, 0.3) is 0 Å². The monoisotopic (exact) mass is 187 g/mol. The summed E-state index contributed by atoms with van der Waals surface area (Å²) in [5.74, 6) is 0. The Kier molecular flexibility index (Phi) is 1.69. The molecule has 1 fully saturated rings. The van der Waals surface area contributed by atoms with Crippen molar-refractivity contribution in [2.75, 3.05) is 18.1 Å². The van der Waals surface area contributed by atoms with Gasteiger partial charge in [-0.3, -0.25) is 0 Å². The molecule has 2 heterocycles. The molecule has 0 aliphatic carbocycles. The first-order valence-corrected chi connectivity index (χ1v) is 5.12. The Morgan fingerprint density at radius 2 is 1.86 bits per heavy atom. The largest absolute Gasteiger partial charge is 0.311 e. The van der Waals surface area contributed by atoms with Gasteiger partial charge in [0.1, 0.15) is 6.33 Å². The van der Waals surface area contributed by atoms with Crippen LogP contribution in [0, 0.1) is 0 Å². The summed E-state index contributed by atoms with van der Waals surface area (Å²) in [6.07, 6.45) is 4.52. The number of fused-ring (bicyclic) bond motifs is 1. The van der Waals surface area contributed by atoms with Gasteiger partial charge in [0, 0.05) is 13.1 Å². The van der Waals surface area contributed by atoms with Crippen molar-refractivity contribution in [2.24, 2.45) is 0 Å². The topological polar surface area (TPSA) is 21.1 Å². The van der Waals surface area contributed by atoms with E-state index in [1.54, 1.807) is 0 Å². The second kappa shape index (κ2) is 3.01. The Hall–Kier alpha value is -1.51. The van der Waals surface area contributed by atoms with Crippen molar-refractivity contribution < 1.29 is 0 Å². The molecule has 14 heavy (non-hydrogen) atoms. The molecule has 0 N–H and O–H groups in total. The lowest BCUT2D eigenvalue weighted by atomic mass is 10.3. The number of hydrogen-bond donors (Lipinski definition) is 0. The maximum absolute atomic E-state index is 4.38. The fraction of sp³-hybridized carbons (Fsp3) is 0.364. The van der Waals surface area contributed by atoms with E-state index < -0.39 is 0 Å². The molecule has 3 heteroatoms. The number of para-hydroxylation sites is 2. The van der Waals surface area contributed by atoms with Gasteiger partial charge in [0.2, 0.25) is 0 Å². The Labute approximate surface area is 82.9 Å². The minimum absolute atomic E-state index is 1.08. The summed E-state index contributed by atoms with van der Waals surface area (Å²) in [6, 6.07) is 8.28. The van der Waals surface area contributed by atoms with E-state index in [2.05, 4.69) is 32.9 Å². The number of aromatic nitrogens is 2. The van der Waals surface area contributed by atoms with Gasteiger partial charge < -0.3 is 5.01 Å². The average molecular weight is 187 g/mol. The number of benzene rings is 1. The standard InChI is InChI=1S/C11H13N3/c1-2-6-11-10(5-1)12-9-14(11)13-7-3-4-8-13/h1-2,5-6,9H,3-4,7-8H2. The van der Waals surface area contributed by atoms with Gasteiger partial charge in [0.05, 0.1) is 11.0 Å². The third-order valence-corrected chi connectivity index (χ3v) is 2.82. The van der Waals surface area contributed by atoms with Crippen LogP contribution in [0.2, 0.25) is 0 Å². The second-order valence-corrected chi connectivity index (χ2v) is 3.74. The van der Waals surface area contributed by atoms with E-state index in [0.717, 1.165) is 18.6 Å². The van der Waals surface area contributed by atoms with E-state index in [0.29, 0.717) is 0 Å². The minimum Gasteiger partial charge on any atom is -0.311 e. The summed E-state index contributed by atoms with van der Waals surface area (Å²) in [7, 11) is 0. The predicted octanol–water partition coefficient (Wildman–Crippen LogP) is 1.77. The summed E-state index contributed by atoms with van der Waals surface area (Å²) in [5, 5.41) is 2.36. The summed E-state index contributed by atoms with van der Waals surface area (Å²) in [4.78, 5) is 4.38. The van der Waals surface area contributed by atoms with Gasteiger partial charge in [0.15, 0.2) is 0 Å². The van der Waals surface area contributed by atoms with E-state index in [4.69, 9.17) is 0 Å². The van der Waals surface area contributed by atoms with E-state index in [1.165, 1.54) is 18.4 Å². The molecule has 0 amide bonds. The zero-order valence-electron chi connectivity index (χ0n) is 8.06. The normalized spacial score (nSPS) is 16.7. The quantitative estimate of drug-likeness (QED) is 0.678. The maximum Gasteiger partial charge on any atom is 0.116 e. The van der Waals surface area contributed by atoms with Gasteiger partial charge in [-0.1, -0.05) is 12.1 Å². The average Bonchev–Trinajstić information content (AvgIpc) is 2.85. The first kappa shape index (κ1) is 7.85. The molecule has 0 radical (unpaired) electrons. The Morgan fingerprint density at radius 1 is 1.07 bits per heavy atom. The first-order valence-electron chi connectivity index (χ1n) is 5.12. The smallest absolute Gasteiger partial charge is 0.116 e. The molecule has 0 bridgehead atoms. The van der Waals surface area contributed by atoms with Gasteiger partial charge in [-0.15, -0.1) is 0 Å². The number of rotatable bonds is 1. The second-order valence-electron chi connectivity index (χ2n) is 3.74. The van der Waals surface area contributed by atoms with Crippen LogP contribution in [0.5, 0.6) is 0 Å². The van der Waals surface area contributed by atoms with Gasteiger partial charge in [-0.25, -0.2) is 9.66 Å². The lowest BCUT2D eigenvalue weighted by molar-refractivity contribution is 0.681. The summed E-state index contributed by atoms with van der Waals surface area (Å²) in [5.41, 5.74) is 2.30. The molecular formula is C11H13N3. The number of nitrogens with zero attached hydrogens (tertiary/aromatic N) is 3. The highest BCUT2D eigenvalue weighted by atomic mass is 15.6. The van der Waals surface area contributed by atoms with Crippen LogP contribution < -0.4 is 5.01 Å². The molecule has 0 atom stereocenters. The Morgan fingerprint density at radius 3 is 2.71 bits per heavy atom. The zero-order chi connectivity index (χ0) is 9.38. The molecule has 1 saturated heterocycles. The molecule has 0 spiro atoms. The predicted molar refractivity (Wildman–Crippen MR) is 56.9 cm³/mol. The summed E-state index contributed by atoms with van der Waals surface area (Å²) < 4.78 is 2.18. The van der Waals surface area contributed by atoms with E-state index in [9.17, 15) is 0 Å². The lowest BCUT2D eigenvalue weighted by Gasteiger charge is -2.19. The van der Waals surface area contributed by atoms with Crippen LogP contribution in [0.15, 0.2) is 30.6 Å². The van der Waals surface area contributed by atoms with Gasteiger partial charge >= 0.3 is 0 Å². The van der Waals surface area contributed by atoms with Crippen LogP contribution in [0.25, 0.3) is 11.0 Å². The Balaban J connectivity index is 2.11. The molecule has 1 aliphatic heterocycles. The molecule has 1 aliphatic rings. The van der Waals surface area contributed by atoms with Gasteiger partial charge in [-0.05, 0) is 25.0 Å². The van der Waals surface area contributed by atoms with Crippen LogP contribution in [-0.4, -0.2) is 22.7 Å². The Bertz CT molecular complexity index is 440. The third-order valence-electron chi connectivity index (χ3n) is 2.82. The molecule has 3 nitrogen and oxygen atoms in total. The van der Waals surface area contributed by atoms with Crippen molar-refractivity contribution in [2.45, 2.75) is 12.8 Å². The summed E-state index contributed by atoms with van der Waals surface area (Å²) in [6.45, 7) is 2.31. The first-order chi connectivity index (χ1) is 6.95. The third kappa shape index (κ3) is 1.09. The van der Waals surface area contributed by atoms with Crippen molar-refractivity contribution >= 4 is 11.0 Å². The number of imidazole rings is 1. The van der Waals surface area contributed by atoms with Crippen molar-refractivity contribution in [1.29, 1.82) is 0 Å². The van der Waals surface area contributed by atoms with E-state index >= 15 is 0 Å². The lowest BCUT2D eigenvalue weighted by Crippen LogP contribution is -2.30. The van der Waals surface area contributed by atoms with Crippen LogP contribution in [0.3, 0.4) is 0 Å². The van der Waals surface area contributed by atoms with Crippen molar-refractivity contribution in [3.8, 4) is 0 Å². The highest BCUT2D eigenvalue weighted by molar-refractivity contribution is 5.75. The van der Waals surface area contributed by atoms with Crippen LogP contribution in [0.4, 0.5) is 0 Å². The molecule has 3 rings (SSSR count). The van der Waals surface area contributed by atoms with Crippen molar-refractivity contribution in [3.05, 3.63) is 30.6 Å². The molecule has 0 saturated carbocycles. The molecule has 1 aromatic heterocycles. The molecular weight excluding hydrogens is 174 g/mol. The van der Waals surface area contributed by atoms with Crippen LogP contribution in [-0.2, 0) is 0 Å². The minimum atomic E-state index is 1.08. The van der Waals surface area contributed by atoms with E-state index in [1.807, 2.05) is 12.4 Å². The fourth-order valence-corrected chi connectivity index (χ4v) is 2.09. The zero-order valence-corrected chi connectivity index (χ0v) is 8.06. The van der Waals surface area contributed by atoms with Gasteiger partial charge in [-0.2, -0.15) is 0 Å². The summed E-state index contributed by atoms with van der Waals surface area (Å²) >= 11 is 0. The number of hydrogen-bond acceptors (Lipinski definition) is 2. The van der Waals surface area contributed by atoms with Crippen molar-refractivity contribution in [3.63, 3.8) is 0 Å². The van der Waals surface area contributed by atoms with Crippen LogP contribution >= 0.6 is 0 Å². The molecule has 1 aromatic carbocycles. The fourth-order valence-electron chi connectivity index (χ4n) is 2.09. The van der Waals surface area contributed by atoms with Crippen LogP contribution in [0.1, 0.15) is 12.8 Å². The highest BCUT2D eigenvalue weighted by Crippen LogP contribution is 2.15.